The lowest BCUT2D eigenvalue weighted by Crippen LogP contribution is -2.49. The highest BCUT2D eigenvalue weighted by Crippen LogP contribution is 2.41. The number of carbonyl (C=O) groups is 1. The van der Waals surface area contributed by atoms with Gasteiger partial charge in [0.2, 0.25) is 5.91 Å². The van der Waals surface area contributed by atoms with E-state index in [1.54, 1.807) is 11.3 Å². The number of thiophene rings is 1. The van der Waals surface area contributed by atoms with Crippen molar-refractivity contribution in [2.24, 2.45) is 0 Å². The fourth-order valence-electron chi connectivity index (χ4n) is 3.31. The van der Waals surface area contributed by atoms with Crippen molar-refractivity contribution >= 4 is 29.0 Å². The molecule has 0 aromatic carbocycles. The van der Waals surface area contributed by atoms with Gasteiger partial charge in [0.25, 0.3) is 0 Å². The molecule has 1 aromatic rings. The van der Waals surface area contributed by atoms with Gasteiger partial charge in [0.05, 0.1) is 0 Å². The summed E-state index contributed by atoms with van der Waals surface area (Å²) in [5.41, 5.74) is 1.26. The Morgan fingerprint density at radius 2 is 2.14 bits per heavy atom. The molecule has 2 aliphatic rings. The van der Waals surface area contributed by atoms with Crippen LogP contribution in [0, 0.1) is 0 Å². The Kier molecular flexibility index (Phi) is 4.92. The lowest BCUT2D eigenvalue weighted by Gasteiger charge is -2.39. The minimum Gasteiger partial charge on any atom is -0.381 e. The maximum atomic E-state index is 13.2. The van der Waals surface area contributed by atoms with Gasteiger partial charge < -0.3 is 9.64 Å². The maximum absolute atomic E-state index is 13.2. The quantitative estimate of drug-likeness (QED) is 0.852. The number of rotatable bonds is 3. The van der Waals surface area contributed by atoms with E-state index in [0.717, 1.165) is 38.2 Å². The molecule has 1 atom stereocenters. The highest BCUT2D eigenvalue weighted by Gasteiger charge is 2.36. The molecule has 1 fully saturated rings. The van der Waals surface area contributed by atoms with Crippen molar-refractivity contribution < 1.29 is 9.53 Å². The van der Waals surface area contributed by atoms with Gasteiger partial charge in [0.1, 0.15) is 5.25 Å². The van der Waals surface area contributed by atoms with Crippen LogP contribution >= 0.6 is 23.1 Å². The van der Waals surface area contributed by atoms with Crippen LogP contribution < -0.4 is 0 Å². The van der Waals surface area contributed by atoms with Crippen molar-refractivity contribution in [3.63, 3.8) is 0 Å². The van der Waals surface area contributed by atoms with Crippen molar-refractivity contribution in [2.75, 3.05) is 19.0 Å². The number of hydrogen-bond donors (Lipinski definition) is 0. The SMILES string of the molecule is CC(C)N(C(=O)[C@@H]1SCCc2sccc21)C1CCOCC1. The fraction of sp³-hybridized carbons (Fsp3) is 0.688. The summed E-state index contributed by atoms with van der Waals surface area (Å²) in [6, 6.07) is 2.75. The zero-order valence-corrected chi connectivity index (χ0v) is 14.3. The molecule has 3 nitrogen and oxygen atoms in total. The number of thioether (sulfide) groups is 1. The zero-order chi connectivity index (χ0) is 14.8. The Bertz CT molecular complexity index is 494. The molecule has 0 aliphatic carbocycles. The molecule has 0 unspecified atom stereocenters. The summed E-state index contributed by atoms with van der Waals surface area (Å²) < 4.78 is 5.46. The number of aryl methyl sites for hydroxylation is 1. The predicted octanol–water partition coefficient (Wildman–Crippen LogP) is 3.49. The molecule has 0 bridgehead atoms. The molecule has 3 rings (SSSR count). The van der Waals surface area contributed by atoms with Crippen LogP contribution in [0.1, 0.15) is 42.4 Å². The first-order valence-corrected chi connectivity index (χ1v) is 9.69. The fourth-order valence-corrected chi connectivity index (χ4v) is 5.65. The molecule has 116 valence electrons. The van der Waals surface area contributed by atoms with E-state index in [9.17, 15) is 4.79 Å². The average Bonchev–Trinajstić information content (AvgIpc) is 2.96. The highest BCUT2D eigenvalue weighted by molar-refractivity contribution is 8.00. The number of carbonyl (C=O) groups excluding carboxylic acids is 1. The van der Waals surface area contributed by atoms with Crippen molar-refractivity contribution in [3.05, 3.63) is 21.9 Å². The molecule has 0 radical (unpaired) electrons. The van der Waals surface area contributed by atoms with E-state index in [0.29, 0.717) is 11.9 Å². The van der Waals surface area contributed by atoms with Gasteiger partial charge in [-0.25, -0.2) is 0 Å². The predicted molar refractivity (Wildman–Crippen MR) is 89.0 cm³/mol. The first-order valence-electron chi connectivity index (χ1n) is 7.76. The minimum absolute atomic E-state index is 0.00486. The van der Waals surface area contributed by atoms with Gasteiger partial charge in [-0.3, -0.25) is 4.79 Å². The molecule has 21 heavy (non-hydrogen) atoms. The Balaban J connectivity index is 1.82. The summed E-state index contributed by atoms with van der Waals surface area (Å²) >= 11 is 3.61. The number of ether oxygens (including phenoxy) is 1. The third-order valence-electron chi connectivity index (χ3n) is 4.30. The minimum atomic E-state index is 0.00486. The Morgan fingerprint density at radius 1 is 1.38 bits per heavy atom. The molecule has 1 saturated heterocycles. The standard InChI is InChI=1S/C16H23NO2S2/c1-11(2)17(12-3-7-19-8-4-12)16(18)15-13-5-9-20-14(13)6-10-21-15/h5,9,11-12,15H,3-4,6-8,10H2,1-2H3/t15-/m1/s1. The molecule has 5 heteroatoms. The number of hydrogen-bond acceptors (Lipinski definition) is 4. The van der Waals surface area contributed by atoms with Crippen LogP contribution in [-0.4, -0.2) is 41.9 Å². The van der Waals surface area contributed by atoms with Gasteiger partial charge in [-0.1, -0.05) is 0 Å². The van der Waals surface area contributed by atoms with Gasteiger partial charge >= 0.3 is 0 Å². The Hall–Kier alpha value is -0.520. The van der Waals surface area contributed by atoms with Crippen LogP contribution in [0.4, 0.5) is 0 Å². The van der Waals surface area contributed by atoms with Gasteiger partial charge in [0.15, 0.2) is 0 Å². The summed E-state index contributed by atoms with van der Waals surface area (Å²) in [5.74, 6) is 1.37. The smallest absolute Gasteiger partial charge is 0.240 e. The Labute approximate surface area is 135 Å². The lowest BCUT2D eigenvalue weighted by atomic mass is 10.0. The van der Waals surface area contributed by atoms with Crippen molar-refractivity contribution in [1.82, 2.24) is 4.90 Å². The normalized spacial score (nSPS) is 23.1. The third kappa shape index (κ3) is 3.15. The monoisotopic (exact) mass is 325 g/mol. The number of fused-ring (bicyclic) bond motifs is 1. The molecule has 3 heterocycles. The second kappa shape index (κ2) is 6.71. The zero-order valence-electron chi connectivity index (χ0n) is 12.7. The number of nitrogens with zero attached hydrogens (tertiary/aromatic N) is 1. The van der Waals surface area contributed by atoms with E-state index in [2.05, 4.69) is 30.2 Å². The summed E-state index contributed by atoms with van der Waals surface area (Å²) in [7, 11) is 0. The van der Waals surface area contributed by atoms with E-state index >= 15 is 0 Å². The summed E-state index contributed by atoms with van der Waals surface area (Å²) in [5, 5.41) is 2.13. The van der Waals surface area contributed by atoms with Crippen LogP contribution in [-0.2, 0) is 16.0 Å². The van der Waals surface area contributed by atoms with Crippen LogP contribution in [0.25, 0.3) is 0 Å². The number of amides is 1. The van der Waals surface area contributed by atoms with E-state index in [1.165, 1.54) is 10.4 Å². The van der Waals surface area contributed by atoms with Crippen LogP contribution in [0.5, 0.6) is 0 Å². The van der Waals surface area contributed by atoms with Gasteiger partial charge in [-0.05, 0) is 55.9 Å². The van der Waals surface area contributed by atoms with Crippen molar-refractivity contribution in [3.8, 4) is 0 Å². The highest BCUT2D eigenvalue weighted by atomic mass is 32.2. The maximum Gasteiger partial charge on any atom is 0.240 e. The molecule has 1 amide bonds. The molecule has 0 saturated carbocycles. The second-order valence-corrected chi connectivity index (χ2v) is 8.20. The van der Waals surface area contributed by atoms with Crippen LogP contribution in [0.15, 0.2) is 11.4 Å². The van der Waals surface area contributed by atoms with Gasteiger partial charge in [-0.2, -0.15) is 0 Å². The molecule has 1 aromatic heterocycles. The topological polar surface area (TPSA) is 29.5 Å². The first kappa shape index (κ1) is 15.4. The van der Waals surface area contributed by atoms with E-state index < -0.39 is 0 Å². The van der Waals surface area contributed by atoms with Crippen LogP contribution in [0.2, 0.25) is 0 Å². The lowest BCUT2D eigenvalue weighted by molar-refractivity contribution is -0.137. The summed E-state index contributed by atoms with van der Waals surface area (Å²) in [6.07, 6.45) is 3.05. The van der Waals surface area contributed by atoms with Gasteiger partial charge in [-0.15, -0.1) is 23.1 Å². The molecule has 0 spiro atoms. The average molecular weight is 325 g/mol. The van der Waals surface area contributed by atoms with E-state index in [1.807, 2.05) is 11.8 Å². The second-order valence-electron chi connectivity index (χ2n) is 5.98. The molecular weight excluding hydrogens is 302 g/mol. The first-order chi connectivity index (χ1) is 10.2. The van der Waals surface area contributed by atoms with Gasteiger partial charge in [0, 0.05) is 30.2 Å². The van der Waals surface area contributed by atoms with Crippen molar-refractivity contribution in [1.29, 1.82) is 0 Å². The van der Waals surface area contributed by atoms with Crippen LogP contribution in [0.3, 0.4) is 0 Å². The van der Waals surface area contributed by atoms with E-state index in [4.69, 9.17) is 4.74 Å². The summed E-state index contributed by atoms with van der Waals surface area (Å²) in [6.45, 7) is 5.83. The summed E-state index contributed by atoms with van der Waals surface area (Å²) in [4.78, 5) is 16.7. The van der Waals surface area contributed by atoms with Crippen molar-refractivity contribution in [2.45, 2.75) is 50.4 Å². The molecule has 2 aliphatic heterocycles. The molecular formula is C16H23NO2S2. The Morgan fingerprint density at radius 3 is 2.86 bits per heavy atom. The van der Waals surface area contributed by atoms with E-state index in [-0.39, 0.29) is 11.3 Å². The third-order valence-corrected chi connectivity index (χ3v) is 6.52. The molecule has 0 N–H and O–H groups in total. The largest absolute Gasteiger partial charge is 0.381 e.